The highest BCUT2D eigenvalue weighted by Crippen LogP contribution is 2.17. The molecule has 0 aliphatic heterocycles. The number of fused-ring (bicyclic) bond motifs is 1. The summed E-state index contributed by atoms with van der Waals surface area (Å²) in [5.41, 5.74) is 1.39. The molecule has 0 amide bonds. The van der Waals surface area contributed by atoms with Crippen molar-refractivity contribution < 1.29 is 4.74 Å². The molecule has 0 aliphatic carbocycles. The molecule has 0 radical (unpaired) electrons. The molecule has 0 bridgehead atoms. The summed E-state index contributed by atoms with van der Waals surface area (Å²) in [6.45, 7) is 2.07. The Balaban J connectivity index is 2.76. The Morgan fingerprint density at radius 3 is 3.00 bits per heavy atom. The van der Waals surface area contributed by atoms with Crippen LogP contribution in [0, 0.1) is 6.92 Å². The first kappa shape index (κ1) is 10.4. The van der Waals surface area contributed by atoms with Gasteiger partial charge in [0.1, 0.15) is 6.73 Å². The zero-order valence-electron chi connectivity index (χ0n) is 8.40. The number of halogens is 1. The minimum absolute atomic E-state index is 0.164. The van der Waals surface area contributed by atoms with Crippen molar-refractivity contribution in [2.24, 2.45) is 0 Å². The fourth-order valence-electron chi connectivity index (χ4n) is 1.39. The molecule has 2 aromatic heterocycles. The maximum absolute atomic E-state index is 11.8. The van der Waals surface area contributed by atoms with E-state index in [-0.39, 0.29) is 12.4 Å². The third kappa shape index (κ3) is 1.59. The molecule has 0 spiro atoms. The summed E-state index contributed by atoms with van der Waals surface area (Å²) in [6.07, 6.45) is 1.69. The molecule has 5 nitrogen and oxygen atoms in total. The van der Waals surface area contributed by atoms with Crippen molar-refractivity contribution in [3.8, 4) is 0 Å². The molecule has 6 heteroatoms. The van der Waals surface area contributed by atoms with Crippen molar-refractivity contribution in [1.29, 1.82) is 0 Å². The zero-order chi connectivity index (χ0) is 11.0. The van der Waals surface area contributed by atoms with Crippen molar-refractivity contribution in [2.45, 2.75) is 13.7 Å². The number of aromatic nitrogens is 3. The lowest BCUT2D eigenvalue weighted by atomic mass is 10.3. The molecule has 15 heavy (non-hydrogen) atoms. The van der Waals surface area contributed by atoms with Crippen LogP contribution in [0.15, 0.2) is 21.5 Å². The molecular formula is C9H10BrN3O2. The number of pyridine rings is 1. The lowest BCUT2D eigenvalue weighted by molar-refractivity contribution is 0.117. The predicted octanol–water partition coefficient (Wildman–Crippen LogP) is 1.17. The van der Waals surface area contributed by atoms with E-state index in [1.54, 1.807) is 6.20 Å². The molecular weight excluding hydrogens is 262 g/mol. The topological polar surface area (TPSA) is 48.5 Å². The quantitative estimate of drug-likeness (QED) is 0.824. The van der Waals surface area contributed by atoms with Gasteiger partial charge in [-0.2, -0.15) is 4.68 Å². The summed E-state index contributed by atoms with van der Waals surface area (Å²) in [6, 6.07) is 1.82. The van der Waals surface area contributed by atoms with Gasteiger partial charge in [0.05, 0.1) is 0 Å². The average Bonchev–Trinajstić information content (AvgIpc) is 2.52. The molecule has 2 aromatic rings. The molecule has 0 saturated carbocycles. The Bertz CT molecular complexity index is 558. The van der Waals surface area contributed by atoms with E-state index in [9.17, 15) is 4.79 Å². The molecule has 80 valence electrons. The van der Waals surface area contributed by atoms with Crippen LogP contribution in [-0.2, 0) is 11.5 Å². The van der Waals surface area contributed by atoms with Gasteiger partial charge in [-0.15, -0.1) is 5.10 Å². The van der Waals surface area contributed by atoms with Crippen molar-refractivity contribution in [2.75, 3.05) is 7.11 Å². The lowest BCUT2D eigenvalue weighted by Crippen LogP contribution is -2.21. The van der Waals surface area contributed by atoms with E-state index in [1.165, 1.54) is 16.2 Å². The van der Waals surface area contributed by atoms with Gasteiger partial charge in [0.25, 0.3) is 0 Å². The van der Waals surface area contributed by atoms with E-state index < -0.39 is 0 Å². The second kappa shape index (κ2) is 3.79. The maximum Gasteiger partial charge on any atom is 0.352 e. The van der Waals surface area contributed by atoms with Crippen LogP contribution in [0.25, 0.3) is 5.65 Å². The zero-order valence-corrected chi connectivity index (χ0v) is 9.98. The highest BCUT2D eigenvalue weighted by atomic mass is 79.9. The van der Waals surface area contributed by atoms with Gasteiger partial charge in [-0.1, -0.05) is 15.9 Å². The van der Waals surface area contributed by atoms with Crippen LogP contribution in [0.2, 0.25) is 0 Å². The van der Waals surface area contributed by atoms with Gasteiger partial charge in [-0.3, -0.25) is 0 Å². The largest absolute Gasteiger partial charge is 0.362 e. The van der Waals surface area contributed by atoms with E-state index >= 15 is 0 Å². The van der Waals surface area contributed by atoms with Gasteiger partial charge in [0.15, 0.2) is 5.65 Å². The van der Waals surface area contributed by atoms with Crippen molar-refractivity contribution in [3.05, 3.63) is 32.8 Å². The fraction of sp³-hybridized carbons (Fsp3) is 0.333. The smallest absolute Gasteiger partial charge is 0.352 e. The standard InChI is InChI=1S/C9H10BrN3O2/c1-6-7(10)3-4-12-8(6)11-13(5-15-2)9(12)14/h3-4H,5H2,1-2H3. The molecule has 2 heterocycles. The van der Waals surface area contributed by atoms with Gasteiger partial charge < -0.3 is 4.74 Å². The number of methoxy groups -OCH3 is 1. The van der Waals surface area contributed by atoms with Crippen molar-refractivity contribution in [1.82, 2.24) is 14.2 Å². The van der Waals surface area contributed by atoms with Crippen LogP contribution in [0.1, 0.15) is 5.56 Å². The Kier molecular flexibility index (Phi) is 2.62. The summed E-state index contributed by atoms with van der Waals surface area (Å²) in [4.78, 5) is 11.8. The number of rotatable bonds is 2. The van der Waals surface area contributed by atoms with Crippen molar-refractivity contribution >= 4 is 21.6 Å². The van der Waals surface area contributed by atoms with Gasteiger partial charge in [0, 0.05) is 23.3 Å². The number of hydrogen-bond acceptors (Lipinski definition) is 3. The van der Waals surface area contributed by atoms with Gasteiger partial charge in [-0.05, 0) is 13.0 Å². The predicted molar refractivity (Wildman–Crippen MR) is 58.9 cm³/mol. The third-order valence-electron chi connectivity index (χ3n) is 2.19. The Morgan fingerprint density at radius 2 is 2.33 bits per heavy atom. The highest BCUT2D eigenvalue weighted by Gasteiger charge is 2.09. The fourth-order valence-corrected chi connectivity index (χ4v) is 1.68. The third-order valence-corrected chi connectivity index (χ3v) is 3.04. The van der Waals surface area contributed by atoms with E-state index in [0.29, 0.717) is 5.65 Å². The first-order valence-electron chi connectivity index (χ1n) is 4.38. The summed E-state index contributed by atoms with van der Waals surface area (Å²) < 4.78 is 8.60. The normalized spacial score (nSPS) is 11.1. The van der Waals surface area contributed by atoms with E-state index in [4.69, 9.17) is 4.74 Å². The lowest BCUT2D eigenvalue weighted by Gasteiger charge is -1.97. The molecule has 0 N–H and O–H groups in total. The number of ether oxygens (including phenoxy) is 1. The molecule has 0 fully saturated rings. The SMILES string of the molecule is COCn1nc2c(C)c(Br)ccn2c1=O. The summed E-state index contributed by atoms with van der Waals surface area (Å²) in [5, 5.41) is 4.17. The number of nitrogens with zero attached hydrogens (tertiary/aromatic N) is 3. The summed E-state index contributed by atoms with van der Waals surface area (Å²) in [5.74, 6) is 0. The van der Waals surface area contributed by atoms with Crippen LogP contribution >= 0.6 is 15.9 Å². The first-order chi connectivity index (χ1) is 7.15. The highest BCUT2D eigenvalue weighted by molar-refractivity contribution is 9.10. The number of hydrogen-bond donors (Lipinski definition) is 0. The molecule has 0 aromatic carbocycles. The van der Waals surface area contributed by atoms with Crippen LogP contribution in [0.4, 0.5) is 0 Å². The second-order valence-electron chi connectivity index (χ2n) is 3.18. The van der Waals surface area contributed by atoms with E-state index in [2.05, 4.69) is 21.0 Å². The molecule has 0 saturated heterocycles. The molecule has 2 rings (SSSR count). The van der Waals surface area contributed by atoms with Crippen LogP contribution in [0.3, 0.4) is 0 Å². The average molecular weight is 272 g/mol. The van der Waals surface area contributed by atoms with Crippen LogP contribution < -0.4 is 5.69 Å². The summed E-state index contributed by atoms with van der Waals surface area (Å²) in [7, 11) is 1.53. The molecule has 0 aliphatic rings. The van der Waals surface area contributed by atoms with Gasteiger partial charge >= 0.3 is 5.69 Å². The molecule has 0 unspecified atom stereocenters. The Hall–Kier alpha value is -1.14. The maximum atomic E-state index is 11.8. The number of aryl methyl sites for hydroxylation is 1. The van der Waals surface area contributed by atoms with E-state index in [1.807, 2.05) is 13.0 Å². The minimum Gasteiger partial charge on any atom is -0.362 e. The van der Waals surface area contributed by atoms with Crippen molar-refractivity contribution in [3.63, 3.8) is 0 Å². The minimum atomic E-state index is -0.192. The van der Waals surface area contributed by atoms with Gasteiger partial charge in [-0.25, -0.2) is 9.20 Å². The second-order valence-corrected chi connectivity index (χ2v) is 4.04. The summed E-state index contributed by atoms with van der Waals surface area (Å²) >= 11 is 3.39. The Labute approximate surface area is 94.4 Å². The monoisotopic (exact) mass is 271 g/mol. The van der Waals surface area contributed by atoms with Crippen LogP contribution in [-0.4, -0.2) is 21.3 Å². The van der Waals surface area contributed by atoms with E-state index in [0.717, 1.165) is 10.0 Å². The first-order valence-corrected chi connectivity index (χ1v) is 5.17. The Morgan fingerprint density at radius 1 is 1.60 bits per heavy atom. The van der Waals surface area contributed by atoms with Crippen LogP contribution in [0.5, 0.6) is 0 Å². The van der Waals surface area contributed by atoms with Gasteiger partial charge in [0.2, 0.25) is 0 Å². The molecule has 0 atom stereocenters.